The molecule has 0 bridgehead atoms. The van der Waals surface area contributed by atoms with E-state index in [0.29, 0.717) is 5.56 Å². The second-order valence-electron chi connectivity index (χ2n) is 4.56. The summed E-state index contributed by atoms with van der Waals surface area (Å²) < 4.78 is 17.8. The summed E-state index contributed by atoms with van der Waals surface area (Å²) in [6, 6.07) is 4.60. The fourth-order valence-electron chi connectivity index (χ4n) is 1.17. The molecule has 1 rings (SSSR count). The Labute approximate surface area is 94.4 Å². The van der Waals surface area contributed by atoms with Gasteiger partial charge in [0, 0.05) is 0 Å². The van der Waals surface area contributed by atoms with Crippen LogP contribution in [0.15, 0.2) is 24.3 Å². The molecule has 0 aliphatic heterocycles. The molecule has 0 radical (unpaired) electrons. The second-order valence-corrected chi connectivity index (χ2v) is 4.56. The minimum atomic E-state index is -0.875. The largest absolute Gasteiger partial charge is 0.459 e. The van der Waals surface area contributed by atoms with Crippen LogP contribution in [0, 0.1) is 5.82 Å². The van der Waals surface area contributed by atoms with E-state index in [4.69, 9.17) is 10.5 Å². The summed E-state index contributed by atoms with van der Waals surface area (Å²) in [5, 5.41) is 0. The Bertz CT molecular complexity index is 368. The van der Waals surface area contributed by atoms with Crippen LogP contribution < -0.4 is 5.73 Å². The van der Waals surface area contributed by atoms with E-state index >= 15 is 0 Å². The van der Waals surface area contributed by atoms with Crippen molar-refractivity contribution in [1.29, 1.82) is 0 Å². The van der Waals surface area contributed by atoms with Gasteiger partial charge >= 0.3 is 5.97 Å². The lowest BCUT2D eigenvalue weighted by Crippen LogP contribution is -2.31. The maximum Gasteiger partial charge on any atom is 0.328 e. The van der Waals surface area contributed by atoms with Gasteiger partial charge in [0.2, 0.25) is 0 Å². The fraction of sp³-hybridized carbons (Fsp3) is 0.417. The molecular formula is C12H16FNO2. The number of carbonyl (C=O) groups is 1. The average Bonchev–Trinajstić information content (AvgIpc) is 2.15. The maximum atomic E-state index is 12.7. The van der Waals surface area contributed by atoms with Crippen LogP contribution in [0.4, 0.5) is 4.39 Å². The SMILES string of the molecule is CC(C)(C)OC(=O)[C@@H](N)c1ccc(F)cc1. The molecule has 0 amide bonds. The topological polar surface area (TPSA) is 52.3 Å². The van der Waals surface area contributed by atoms with Gasteiger partial charge in [-0.15, -0.1) is 0 Å². The first kappa shape index (κ1) is 12.6. The molecular weight excluding hydrogens is 209 g/mol. The van der Waals surface area contributed by atoms with Crippen LogP contribution in [0.1, 0.15) is 32.4 Å². The Morgan fingerprint density at radius 3 is 2.25 bits per heavy atom. The zero-order valence-corrected chi connectivity index (χ0v) is 9.66. The zero-order valence-electron chi connectivity index (χ0n) is 9.66. The lowest BCUT2D eigenvalue weighted by Gasteiger charge is -2.22. The first-order valence-corrected chi connectivity index (χ1v) is 5.03. The molecule has 0 saturated heterocycles. The molecule has 0 spiro atoms. The van der Waals surface area contributed by atoms with Gasteiger partial charge in [-0.05, 0) is 38.5 Å². The molecule has 3 nitrogen and oxygen atoms in total. The van der Waals surface area contributed by atoms with Gasteiger partial charge in [0.15, 0.2) is 0 Å². The monoisotopic (exact) mass is 225 g/mol. The van der Waals surface area contributed by atoms with E-state index in [0.717, 1.165) is 0 Å². The number of nitrogens with two attached hydrogens (primary N) is 1. The molecule has 0 heterocycles. The van der Waals surface area contributed by atoms with Crippen LogP contribution in [0.3, 0.4) is 0 Å². The van der Waals surface area contributed by atoms with Gasteiger partial charge in [-0.1, -0.05) is 12.1 Å². The highest BCUT2D eigenvalue weighted by Gasteiger charge is 2.23. The molecule has 1 aromatic rings. The van der Waals surface area contributed by atoms with Crippen molar-refractivity contribution in [3.8, 4) is 0 Å². The second kappa shape index (κ2) is 4.61. The summed E-state index contributed by atoms with van der Waals surface area (Å²) in [6.07, 6.45) is 0. The number of benzene rings is 1. The highest BCUT2D eigenvalue weighted by Crippen LogP contribution is 2.16. The van der Waals surface area contributed by atoms with E-state index in [9.17, 15) is 9.18 Å². The van der Waals surface area contributed by atoms with E-state index in [1.165, 1.54) is 24.3 Å². The predicted octanol–water partition coefficient (Wildman–Crippen LogP) is 2.17. The van der Waals surface area contributed by atoms with Gasteiger partial charge in [0.1, 0.15) is 17.5 Å². The smallest absolute Gasteiger partial charge is 0.328 e. The molecule has 0 saturated carbocycles. The van der Waals surface area contributed by atoms with Crippen molar-refractivity contribution in [2.45, 2.75) is 32.4 Å². The van der Waals surface area contributed by atoms with Crippen LogP contribution in [0.2, 0.25) is 0 Å². The molecule has 0 unspecified atom stereocenters. The highest BCUT2D eigenvalue weighted by molar-refractivity contribution is 5.77. The van der Waals surface area contributed by atoms with Crippen LogP contribution in [0.5, 0.6) is 0 Å². The summed E-state index contributed by atoms with van der Waals surface area (Å²) in [5.41, 5.74) is 5.66. The number of hydrogen-bond acceptors (Lipinski definition) is 3. The normalized spacial score (nSPS) is 13.3. The van der Waals surface area contributed by atoms with Gasteiger partial charge in [0.25, 0.3) is 0 Å². The number of rotatable bonds is 2. The van der Waals surface area contributed by atoms with E-state index in [2.05, 4.69) is 0 Å². The van der Waals surface area contributed by atoms with Crippen molar-refractivity contribution in [1.82, 2.24) is 0 Å². The number of esters is 1. The molecule has 0 aliphatic carbocycles. The molecule has 88 valence electrons. The number of ether oxygens (including phenoxy) is 1. The van der Waals surface area contributed by atoms with Gasteiger partial charge in [0.05, 0.1) is 0 Å². The van der Waals surface area contributed by atoms with E-state index in [1.807, 2.05) is 0 Å². The highest BCUT2D eigenvalue weighted by atomic mass is 19.1. The standard InChI is InChI=1S/C12H16FNO2/c1-12(2,3)16-11(15)10(14)8-4-6-9(13)7-5-8/h4-7,10H,14H2,1-3H3/t10-/m0/s1. The van der Waals surface area contributed by atoms with Gasteiger partial charge in [-0.3, -0.25) is 0 Å². The lowest BCUT2D eigenvalue weighted by atomic mass is 10.1. The fourth-order valence-corrected chi connectivity index (χ4v) is 1.17. The number of halogens is 1. The molecule has 0 aliphatic rings. The van der Waals surface area contributed by atoms with Crippen LogP contribution in [-0.2, 0) is 9.53 Å². The van der Waals surface area contributed by atoms with Crippen molar-refractivity contribution in [2.24, 2.45) is 5.73 Å². The average molecular weight is 225 g/mol. The number of hydrogen-bond donors (Lipinski definition) is 1. The Morgan fingerprint density at radius 2 is 1.81 bits per heavy atom. The summed E-state index contributed by atoms with van der Waals surface area (Å²) in [6.45, 7) is 5.30. The van der Waals surface area contributed by atoms with E-state index < -0.39 is 17.6 Å². The Hall–Kier alpha value is -1.42. The third kappa shape index (κ3) is 3.62. The van der Waals surface area contributed by atoms with Crippen LogP contribution in [0.25, 0.3) is 0 Å². The summed E-state index contributed by atoms with van der Waals surface area (Å²) in [5.74, 6) is -0.876. The van der Waals surface area contributed by atoms with Crippen LogP contribution >= 0.6 is 0 Å². The third-order valence-electron chi connectivity index (χ3n) is 1.89. The molecule has 1 atom stereocenters. The first-order chi connectivity index (χ1) is 7.29. The molecule has 0 aromatic heterocycles. The van der Waals surface area contributed by atoms with Gasteiger partial charge < -0.3 is 10.5 Å². The van der Waals surface area contributed by atoms with Crippen molar-refractivity contribution < 1.29 is 13.9 Å². The maximum absolute atomic E-state index is 12.7. The van der Waals surface area contributed by atoms with Gasteiger partial charge in [-0.25, -0.2) is 9.18 Å². The molecule has 16 heavy (non-hydrogen) atoms. The minimum absolute atomic E-state index is 0.361. The van der Waals surface area contributed by atoms with Crippen molar-refractivity contribution >= 4 is 5.97 Å². The van der Waals surface area contributed by atoms with Crippen molar-refractivity contribution in [3.63, 3.8) is 0 Å². The lowest BCUT2D eigenvalue weighted by molar-refractivity contribution is -0.156. The molecule has 1 aromatic carbocycles. The summed E-state index contributed by atoms with van der Waals surface area (Å²) in [4.78, 5) is 11.6. The first-order valence-electron chi connectivity index (χ1n) is 5.03. The van der Waals surface area contributed by atoms with E-state index in [1.54, 1.807) is 20.8 Å². The predicted molar refractivity (Wildman–Crippen MR) is 59.2 cm³/mol. The molecule has 4 heteroatoms. The molecule has 2 N–H and O–H groups in total. The molecule has 0 fully saturated rings. The van der Waals surface area contributed by atoms with Crippen molar-refractivity contribution in [3.05, 3.63) is 35.6 Å². The number of carbonyl (C=O) groups excluding carboxylic acids is 1. The summed E-state index contributed by atoms with van der Waals surface area (Å²) in [7, 11) is 0. The Kier molecular flexibility index (Phi) is 3.65. The summed E-state index contributed by atoms with van der Waals surface area (Å²) >= 11 is 0. The third-order valence-corrected chi connectivity index (χ3v) is 1.89. The quantitative estimate of drug-likeness (QED) is 0.785. The van der Waals surface area contributed by atoms with Crippen molar-refractivity contribution in [2.75, 3.05) is 0 Å². The zero-order chi connectivity index (χ0) is 12.3. The van der Waals surface area contributed by atoms with Gasteiger partial charge in [-0.2, -0.15) is 0 Å². The Balaban J connectivity index is 2.74. The van der Waals surface area contributed by atoms with E-state index in [-0.39, 0.29) is 5.82 Å². The Morgan fingerprint density at radius 1 is 1.31 bits per heavy atom. The van der Waals surface area contributed by atoms with Crippen LogP contribution in [-0.4, -0.2) is 11.6 Å². The minimum Gasteiger partial charge on any atom is -0.459 e.